The van der Waals surface area contributed by atoms with E-state index in [9.17, 15) is 9.59 Å². The molecule has 1 aromatic carbocycles. The molecule has 0 aromatic heterocycles. The molecule has 4 saturated heterocycles. The van der Waals surface area contributed by atoms with Crippen molar-refractivity contribution in [2.45, 2.75) is 50.6 Å². The molecule has 33 heavy (non-hydrogen) atoms. The van der Waals surface area contributed by atoms with Gasteiger partial charge in [-0.05, 0) is 56.1 Å². The molecular formula is C25H36N4O4. The molecule has 1 N–H and O–H groups in total. The fraction of sp³-hybridized carbons (Fsp3) is 0.680. The number of nitrogens with one attached hydrogen (secondary N) is 1. The van der Waals surface area contributed by atoms with Crippen LogP contribution in [0.3, 0.4) is 0 Å². The SMILES string of the molecule is COc1ccc(NC(=O)N2CCC(N3CC4CC(C3)[C@H]3CCCC(=O)N3C4)CC2)cc1OC. The number of likely N-dealkylation sites (tertiary alicyclic amines) is 2. The molecule has 0 saturated carbocycles. The number of rotatable bonds is 4. The third-order valence-electron chi connectivity index (χ3n) is 8.11. The number of fused-ring (bicyclic) bond motifs is 4. The van der Waals surface area contributed by atoms with E-state index in [0.29, 0.717) is 47.0 Å². The van der Waals surface area contributed by atoms with Crippen LogP contribution in [0, 0.1) is 11.8 Å². The summed E-state index contributed by atoms with van der Waals surface area (Å²) >= 11 is 0. The summed E-state index contributed by atoms with van der Waals surface area (Å²) in [7, 11) is 3.19. The fourth-order valence-corrected chi connectivity index (χ4v) is 6.50. The minimum atomic E-state index is -0.0625. The largest absolute Gasteiger partial charge is 0.493 e. The summed E-state index contributed by atoms with van der Waals surface area (Å²) in [6.45, 7) is 4.68. The Morgan fingerprint density at radius 3 is 2.58 bits per heavy atom. The highest BCUT2D eigenvalue weighted by Gasteiger charge is 2.45. The maximum absolute atomic E-state index is 12.8. The van der Waals surface area contributed by atoms with Crippen molar-refractivity contribution in [1.82, 2.24) is 14.7 Å². The number of carbonyl (C=O) groups is 2. The van der Waals surface area contributed by atoms with Gasteiger partial charge >= 0.3 is 6.03 Å². The standard InChI is InChI=1S/C25H36N4O4/c1-32-22-7-6-19(13-23(22)33-2)26-25(31)27-10-8-20(9-11-27)28-14-17-12-18(16-28)21-4-3-5-24(30)29(21)15-17/h6-7,13,17-18,20-21H,3-5,8-12,14-16H2,1-2H3,(H,26,31)/t17?,18?,21-/m1/s1. The van der Waals surface area contributed by atoms with Gasteiger partial charge in [-0.15, -0.1) is 0 Å². The van der Waals surface area contributed by atoms with Gasteiger partial charge in [0.1, 0.15) is 0 Å². The van der Waals surface area contributed by atoms with Crippen LogP contribution in [0.4, 0.5) is 10.5 Å². The molecular weight excluding hydrogens is 420 g/mol. The second-order valence-electron chi connectivity index (χ2n) is 10.0. The zero-order valence-corrected chi connectivity index (χ0v) is 19.8. The average molecular weight is 457 g/mol. The van der Waals surface area contributed by atoms with Crippen LogP contribution < -0.4 is 14.8 Å². The zero-order valence-electron chi connectivity index (χ0n) is 19.8. The van der Waals surface area contributed by atoms with Crippen LogP contribution in [-0.4, -0.2) is 85.7 Å². The highest BCUT2D eigenvalue weighted by Crippen LogP contribution is 2.39. The van der Waals surface area contributed by atoms with Crippen LogP contribution in [-0.2, 0) is 4.79 Å². The molecule has 4 aliphatic heterocycles. The lowest BCUT2D eigenvalue weighted by Gasteiger charge is -2.54. The first-order valence-corrected chi connectivity index (χ1v) is 12.4. The average Bonchev–Trinajstić information content (AvgIpc) is 2.84. The molecule has 8 nitrogen and oxygen atoms in total. The van der Waals surface area contributed by atoms with E-state index in [2.05, 4.69) is 15.1 Å². The maximum Gasteiger partial charge on any atom is 0.321 e. The molecule has 0 radical (unpaired) electrons. The molecule has 0 spiro atoms. The fourth-order valence-electron chi connectivity index (χ4n) is 6.50. The van der Waals surface area contributed by atoms with E-state index in [1.165, 1.54) is 12.8 Å². The molecule has 1 aromatic rings. The normalized spacial score (nSPS) is 28.3. The first kappa shape index (κ1) is 22.3. The molecule has 3 amide bonds. The third kappa shape index (κ3) is 4.50. The van der Waals surface area contributed by atoms with Crippen LogP contribution in [0.15, 0.2) is 18.2 Å². The number of amides is 3. The van der Waals surface area contributed by atoms with Crippen LogP contribution in [0.5, 0.6) is 11.5 Å². The highest BCUT2D eigenvalue weighted by atomic mass is 16.5. The van der Waals surface area contributed by atoms with Gasteiger partial charge < -0.3 is 24.6 Å². The Bertz CT molecular complexity index is 885. The molecule has 8 heteroatoms. The lowest BCUT2D eigenvalue weighted by molar-refractivity contribution is -0.145. The van der Waals surface area contributed by atoms with Crippen molar-refractivity contribution in [3.05, 3.63) is 18.2 Å². The summed E-state index contributed by atoms with van der Waals surface area (Å²) in [4.78, 5) is 32.0. The second-order valence-corrected chi connectivity index (χ2v) is 10.0. The molecule has 2 bridgehead atoms. The van der Waals surface area contributed by atoms with E-state index < -0.39 is 0 Å². The highest BCUT2D eigenvalue weighted by molar-refractivity contribution is 5.89. The number of methoxy groups -OCH3 is 2. The van der Waals surface area contributed by atoms with Gasteiger partial charge in [0.05, 0.1) is 14.2 Å². The van der Waals surface area contributed by atoms with E-state index in [1.807, 2.05) is 11.0 Å². The van der Waals surface area contributed by atoms with Crippen molar-refractivity contribution >= 4 is 17.6 Å². The Labute approximate surface area is 196 Å². The zero-order chi connectivity index (χ0) is 22.9. The van der Waals surface area contributed by atoms with Crippen LogP contribution >= 0.6 is 0 Å². The Kier molecular flexibility index (Phi) is 6.36. The summed E-state index contributed by atoms with van der Waals surface area (Å²) < 4.78 is 10.6. The Morgan fingerprint density at radius 1 is 1.03 bits per heavy atom. The molecule has 2 unspecified atom stereocenters. The van der Waals surface area contributed by atoms with Crippen molar-refractivity contribution in [3.8, 4) is 11.5 Å². The lowest BCUT2D eigenvalue weighted by atomic mass is 9.75. The van der Waals surface area contributed by atoms with E-state index >= 15 is 0 Å². The first-order valence-electron chi connectivity index (χ1n) is 12.4. The summed E-state index contributed by atoms with van der Waals surface area (Å²) in [5, 5.41) is 3.00. The molecule has 5 rings (SSSR count). The number of benzene rings is 1. The lowest BCUT2D eigenvalue weighted by Crippen LogP contribution is -2.62. The molecule has 4 heterocycles. The van der Waals surface area contributed by atoms with Gasteiger partial charge in [0.25, 0.3) is 0 Å². The van der Waals surface area contributed by atoms with Gasteiger partial charge in [-0.2, -0.15) is 0 Å². The molecule has 4 aliphatic rings. The Balaban J connectivity index is 1.15. The van der Waals surface area contributed by atoms with Gasteiger partial charge in [0, 0.05) is 63.0 Å². The summed E-state index contributed by atoms with van der Waals surface area (Å²) in [5.74, 6) is 2.84. The third-order valence-corrected chi connectivity index (χ3v) is 8.11. The maximum atomic E-state index is 12.8. The monoisotopic (exact) mass is 456 g/mol. The molecule has 180 valence electrons. The second kappa shape index (κ2) is 9.41. The number of nitrogens with zero attached hydrogens (tertiary/aromatic N) is 3. The number of urea groups is 1. The van der Waals surface area contributed by atoms with E-state index in [0.717, 1.165) is 58.4 Å². The van der Waals surface area contributed by atoms with Gasteiger partial charge in [-0.1, -0.05) is 0 Å². The predicted octanol–water partition coefficient (Wildman–Crippen LogP) is 3.03. The summed E-state index contributed by atoms with van der Waals surface area (Å²) in [6.07, 6.45) is 6.25. The van der Waals surface area contributed by atoms with Crippen LogP contribution in [0.1, 0.15) is 38.5 Å². The van der Waals surface area contributed by atoms with Crippen LogP contribution in [0.25, 0.3) is 0 Å². The van der Waals surface area contributed by atoms with Crippen molar-refractivity contribution in [2.24, 2.45) is 11.8 Å². The molecule has 3 atom stereocenters. The van der Waals surface area contributed by atoms with Crippen molar-refractivity contribution in [3.63, 3.8) is 0 Å². The number of anilines is 1. The minimum absolute atomic E-state index is 0.0625. The van der Waals surface area contributed by atoms with Gasteiger partial charge in [-0.25, -0.2) is 4.79 Å². The van der Waals surface area contributed by atoms with E-state index in [1.54, 1.807) is 26.4 Å². The smallest absolute Gasteiger partial charge is 0.321 e. The van der Waals surface area contributed by atoms with Gasteiger partial charge in [0.15, 0.2) is 11.5 Å². The van der Waals surface area contributed by atoms with Crippen molar-refractivity contribution in [1.29, 1.82) is 0 Å². The number of ether oxygens (including phenoxy) is 2. The molecule has 0 aliphatic carbocycles. The predicted molar refractivity (Wildman–Crippen MR) is 126 cm³/mol. The first-order chi connectivity index (χ1) is 16.1. The topological polar surface area (TPSA) is 74.4 Å². The number of piperidine rings is 4. The quantitative estimate of drug-likeness (QED) is 0.754. The number of carbonyl (C=O) groups excluding carboxylic acids is 2. The number of hydrogen-bond donors (Lipinski definition) is 1. The molecule has 4 fully saturated rings. The van der Waals surface area contributed by atoms with E-state index in [4.69, 9.17) is 9.47 Å². The van der Waals surface area contributed by atoms with Crippen molar-refractivity contribution in [2.75, 3.05) is 52.3 Å². The Morgan fingerprint density at radius 2 is 1.82 bits per heavy atom. The Hall–Kier alpha value is -2.48. The number of hydrogen-bond acceptors (Lipinski definition) is 5. The van der Waals surface area contributed by atoms with Gasteiger partial charge in [-0.3, -0.25) is 9.69 Å². The van der Waals surface area contributed by atoms with E-state index in [-0.39, 0.29) is 6.03 Å². The van der Waals surface area contributed by atoms with Crippen molar-refractivity contribution < 1.29 is 19.1 Å². The summed E-state index contributed by atoms with van der Waals surface area (Å²) in [6, 6.07) is 6.35. The van der Waals surface area contributed by atoms with Crippen LogP contribution in [0.2, 0.25) is 0 Å². The van der Waals surface area contributed by atoms with Gasteiger partial charge in [0.2, 0.25) is 5.91 Å². The minimum Gasteiger partial charge on any atom is -0.493 e. The summed E-state index contributed by atoms with van der Waals surface area (Å²) in [5.41, 5.74) is 0.704.